The number of nitrogens with zero attached hydrogens (tertiary/aromatic N) is 3. The number of methoxy groups -OCH3 is 2. The van der Waals surface area contributed by atoms with Crippen molar-refractivity contribution < 1.29 is 9.47 Å². The number of nitriles is 2. The van der Waals surface area contributed by atoms with Gasteiger partial charge in [-0.25, -0.2) is 0 Å². The molecule has 0 spiro atoms. The first-order valence-corrected chi connectivity index (χ1v) is 9.21. The summed E-state index contributed by atoms with van der Waals surface area (Å²) in [6, 6.07) is 16.2. The summed E-state index contributed by atoms with van der Waals surface area (Å²) in [6.45, 7) is 1.95. The lowest BCUT2D eigenvalue weighted by atomic mass is 9.95. The van der Waals surface area contributed by atoms with Crippen LogP contribution in [-0.2, 0) is 6.42 Å². The minimum atomic E-state index is -0.584. The molecule has 0 aliphatic heterocycles. The van der Waals surface area contributed by atoms with Gasteiger partial charge in [-0.15, -0.1) is 0 Å². The molecule has 0 saturated heterocycles. The van der Waals surface area contributed by atoms with E-state index in [-0.39, 0.29) is 22.5 Å². The molecule has 150 valence electrons. The number of para-hydroxylation sites is 1. The summed E-state index contributed by atoms with van der Waals surface area (Å²) in [5.74, 6) is 0.866. The van der Waals surface area contributed by atoms with Crippen molar-refractivity contribution in [1.82, 2.24) is 4.57 Å². The lowest BCUT2D eigenvalue weighted by molar-refractivity contribution is 0.355. The van der Waals surface area contributed by atoms with Gasteiger partial charge in [0.1, 0.15) is 29.1 Å². The Labute approximate surface area is 174 Å². The molecule has 1 heterocycles. The predicted molar refractivity (Wildman–Crippen MR) is 114 cm³/mol. The third-order valence-corrected chi connectivity index (χ3v) is 4.92. The number of hydrogen-bond donors (Lipinski definition) is 1. The molecule has 2 aromatic carbocycles. The Kier molecular flexibility index (Phi) is 5.75. The van der Waals surface area contributed by atoms with E-state index in [1.54, 1.807) is 30.3 Å². The van der Waals surface area contributed by atoms with E-state index in [1.807, 2.05) is 25.1 Å². The van der Waals surface area contributed by atoms with Crippen molar-refractivity contribution in [3.8, 4) is 40.5 Å². The van der Waals surface area contributed by atoms with Crippen molar-refractivity contribution in [2.24, 2.45) is 0 Å². The van der Waals surface area contributed by atoms with Crippen molar-refractivity contribution in [1.29, 1.82) is 10.5 Å². The fourth-order valence-electron chi connectivity index (χ4n) is 3.46. The highest BCUT2D eigenvalue weighted by molar-refractivity contribution is 5.82. The minimum absolute atomic E-state index is 0.0211. The molecule has 0 bridgehead atoms. The Morgan fingerprint density at radius 2 is 1.67 bits per heavy atom. The van der Waals surface area contributed by atoms with Crippen molar-refractivity contribution >= 4 is 5.82 Å². The van der Waals surface area contributed by atoms with Gasteiger partial charge in [-0.3, -0.25) is 9.36 Å². The van der Waals surface area contributed by atoms with E-state index in [0.29, 0.717) is 29.2 Å². The third kappa shape index (κ3) is 3.23. The van der Waals surface area contributed by atoms with E-state index in [2.05, 4.69) is 6.07 Å². The van der Waals surface area contributed by atoms with Crippen LogP contribution in [0.1, 0.15) is 23.6 Å². The molecule has 0 atom stereocenters. The molecule has 0 saturated carbocycles. The molecule has 0 radical (unpaired) electrons. The maximum Gasteiger partial charge on any atom is 0.275 e. The molecule has 30 heavy (non-hydrogen) atoms. The molecular weight excluding hydrogens is 380 g/mol. The number of anilines is 1. The van der Waals surface area contributed by atoms with Crippen LogP contribution in [0.5, 0.6) is 11.5 Å². The van der Waals surface area contributed by atoms with Crippen molar-refractivity contribution in [3.63, 3.8) is 0 Å². The van der Waals surface area contributed by atoms with E-state index < -0.39 is 5.56 Å². The van der Waals surface area contributed by atoms with Gasteiger partial charge in [0.15, 0.2) is 11.5 Å². The van der Waals surface area contributed by atoms with Crippen LogP contribution in [-0.4, -0.2) is 18.8 Å². The summed E-state index contributed by atoms with van der Waals surface area (Å²) >= 11 is 0. The molecule has 7 heteroatoms. The Morgan fingerprint density at radius 3 is 2.27 bits per heavy atom. The second-order valence-corrected chi connectivity index (χ2v) is 6.43. The van der Waals surface area contributed by atoms with Crippen molar-refractivity contribution in [2.75, 3.05) is 20.0 Å². The average molecular weight is 400 g/mol. The van der Waals surface area contributed by atoms with Crippen LogP contribution in [0.15, 0.2) is 47.3 Å². The SMILES string of the molecule is CCc1ccccc1-n1c(N)c(C#N)c(-c2ccc(OC)c(OC)c2)c(C#N)c1=O. The van der Waals surface area contributed by atoms with Gasteiger partial charge in [-0.2, -0.15) is 10.5 Å². The van der Waals surface area contributed by atoms with Gasteiger partial charge in [0.25, 0.3) is 5.56 Å². The highest BCUT2D eigenvalue weighted by atomic mass is 16.5. The number of benzene rings is 2. The van der Waals surface area contributed by atoms with Gasteiger partial charge in [0.2, 0.25) is 0 Å². The normalized spacial score (nSPS) is 10.2. The highest BCUT2D eigenvalue weighted by Crippen LogP contribution is 2.36. The standard InChI is InChI=1S/C23H20N4O3/c1-4-14-7-5-6-8-18(14)27-22(26)16(12-24)21(17(13-25)23(27)28)15-9-10-19(29-2)20(11-15)30-3/h5-11H,4,26H2,1-3H3. The second-order valence-electron chi connectivity index (χ2n) is 6.43. The summed E-state index contributed by atoms with van der Waals surface area (Å²) in [6.07, 6.45) is 0.656. The number of aromatic nitrogens is 1. The zero-order valence-corrected chi connectivity index (χ0v) is 16.9. The fraction of sp³-hybridized carbons (Fsp3) is 0.174. The lowest BCUT2D eigenvalue weighted by Gasteiger charge is -2.18. The molecule has 0 aliphatic rings. The third-order valence-electron chi connectivity index (χ3n) is 4.92. The van der Waals surface area contributed by atoms with Crippen LogP contribution in [0.2, 0.25) is 0 Å². The van der Waals surface area contributed by atoms with Crippen molar-refractivity contribution in [3.05, 3.63) is 69.5 Å². The van der Waals surface area contributed by atoms with Crippen LogP contribution >= 0.6 is 0 Å². The smallest absolute Gasteiger partial charge is 0.275 e. The van der Waals surface area contributed by atoms with Gasteiger partial charge in [-0.1, -0.05) is 31.2 Å². The summed E-state index contributed by atoms with van der Waals surface area (Å²) in [5.41, 5.74) is 7.66. The van der Waals surface area contributed by atoms with Gasteiger partial charge < -0.3 is 15.2 Å². The highest BCUT2D eigenvalue weighted by Gasteiger charge is 2.24. The first kappa shape index (κ1) is 20.5. The number of nitrogen functional groups attached to an aromatic ring is 1. The lowest BCUT2D eigenvalue weighted by Crippen LogP contribution is -2.27. The molecule has 0 amide bonds. The second kappa shape index (κ2) is 8.42. The van der Waals surface area contributed by atoms with E-state index >= 15 is 0 Å². The quantitative estimate of drug-likeness (QED) is 0.702. The van der Waals surface area contributed by atoms with E-state index in [1.165, 1.54) is 18.8 Å². The van der Waals surface area contributed by atoms with Crippen LogP contribution in [0.3, 0.4) is 0 Å². The molecule has 0 fully saturated rings. The first-order chi connectivity index (χ1) is 14.5. The maximum atomic E-state index is 13.3. The maximum absolute atomic E-state index is 13.3. The Bertz CT molecular complexity index is 1260. The summed E-state index contributed by atoms with van der Waals surface area (Å²) in [5, 5.41) is 19.7. The monoisotopic (exact) mass is 400 g/mol. The molecule has 3 aromatic rings. The zero-order valence-electron chi connectivity index (χ0n) is 16.9. The number of aryl methyl sites for hydroxylation is 1. The Hall–Kier alpha value is -4.23. The summed E-state index contributed by atoms with van der Waals surface area (Å²) in [7, 11) is 2.98. The molecule has 2 N–H and O–H groups in total. The molecule has 0 unspecified atom stereocenters. The van der Waals surface area contributed by atoms with Crippen LogP contribution in [0.4, 0.5) is 5.82 Å². The number of hydrogen-bond acceptors (Lipinski definition) is 6. The molecule has 7 nitrogen and oxygen atoms in total. The topological polar surface area (TPSA) is 114 Å². The molecule has 3 rings (SSSR count). The first-order valence-electron chi connectivity index (χ1n) is 9.21. The molecular formula is C23H20N4O3. The van der Waals surface area contributed by atoms with Gasteiger partial charge in [0.05, 0.1) is 19.9 Å². The van der Waals surface area contributed by atoms with Crippen LogP contribution < -0.4 is 20.8 Å². The molecule has 1 aromatic heterocycles. The Balaban J connectivity index is 2.43. The number of ether oxygens (including phenoxy) is 2. The van der Waals surface area contributed by atoms with Crippen LogP contribution in [0.25, 0.3) is 16.8 Å². The van der Waals surface area contributed by atoms with E-state index in [0.717, 1.165) is 5.56 Å². The van der Waals surface area contributed by atoms with Gasteiger partial charge >= 0.3 is 0 Å². The summed E-state index contributed by atoms with van der Waals surface area (Å²) < 4.78 is 11.8. The predicted octanol–water partition coefficient (Wildman–Crippen LogP) is 3.41. The fourth-order valence-corrected chi connectivity index (χ4v) is 3.46. The molecule has 0 aliphatic carbocycles. The van der Waals surface area contributed by atoms with Gasteiger partial charge in [0, 0.05) is 5.56 Å². The Morgan fingerprint density at radius 1 is 1.00 bits per heavy atom. The number of pyridine rings is 1. The van der Waals surface area contributed by atoms with Gasteiger partial charge in [-0.05, 0) is 35.7 Å². The van der Waals surface area contributed by atoms with E-state index in [9.17, 15) is 15.3 Å². The number of rotatable bonds is 5. The number of nitrogens with two attached hydrogens (primary N) is 1. The summed E-state index contributed by atoms with van der Waals surface area (Å²) in [4.78, 5) is 13.3. The average Bonchev–Trinajstić information content (AvgIpc) is 2.78. The van der Waals surface area contributed by atoms with E-state index in [4.69, 9.17) is 15.2 Å². The zero-order chi connectivity index (χ0) is 21.8. The van der Waals surface area contributed by atoms with Crippen LogP contribution in [0, 0.1) is 22.7 Å². The minimum Gasteiger partial charge on any atom is -0.493 e. The largest absolute Gasteiger partial charge is 0.493 e. The van der Waals surface area contributed by atoms with Crippen molar-refractivity contribution in [2.45, 2.75) is 13.3 Å².